The first-order valence-electron chi connectivity index (χ1n) is 5.37. The predicted molar refractivity (Wildman–Crippen MR) is 57.8 cm³/mol. The average Bonchev–Trinajstić information content (AvgIpc) is 2.32. The maximum Gasteiger partial charge on any atom is 0.416 e. The number of aromatic nitrogens is 1. The fraction of sp³-hybridized carbons (Fsp3) is 0.500. The van der Waals surface area contributed by atoms with E-state index < -0.39 is 36.8 Å². The number of rotatable bonds is 5. The van der Waals surface area contributed by atoms with Crippen molar-refractivity contribution in [3.05, 3.63) is 17.7 Å². The Kier molecular flexibility index (Phi) is 5.03. The first kappa shape index (κ1) is 16.3. The third kappa shape index (κ3) is 5.51. The van der Waals surface area contributed by atoms with Gasteiger partial charge in [-0.15, -0.1) is 0 Å². The summed E-state index contributed by atoms with van der Waals surface area (Å²) >= 11 is 0. The highest BCUT2D eigenvalue weighted by Crippen LogP contribution is 2.32. The summed E-state index contributed by atoms with van der Waals surface area (Å²) in [6, 6.07) is 1.25. The molecule has 0 bridgehead atoms. The van der Waals surface area contributed by atoms with Gasteiger partial charge >= 0.3 is 12.4 Å². The summed E-state index contributed by atoms with van der Waals surface area (Å²) in [5.41, 5.74) is 0.860. The van der Waals surface area contributed by atoms with Crippen LogP contribution in [0.1, 0.15) is 18.4 Å². The number of pyridine rings is 1. The summed E-state index contributed by atoms with van der Waals surface area (Å²) in [6.45, 7) is -0.405. The summed E-state index contributed by atoms with van der Waals surface area (Å²) in [6.07, 6.45) is -10.5. The molecule has 0 aliphatic rings. The number of hydrogen-bond donors (Lipinski definition) is 2. The van der Waals surface area contributed by atoms with Crippen molar-refractivity contribution in [2.75, 3.05) is 12.0 Å². The van der Waals surface area contributed by atoms with Crippen molar-refractivity contribution in [3.8, 4) is 5.88 Å². The molecular formula is C10H11F6N3O. The van der Waals surface area contributed by atoms with Gasteiger partial charge in [-0.25, -0.2) is 5.84 Å². The molecule has 1 rings (SSSR count). The summed E-state index contributed by atoms with van der Waals surface area (Å²) in [5.74, 6) is 4.21. The molecule has 0 unspecified atom stereocenters. The molecule has 114 valence electrons. The van der Waals surface area contributed by atoms with Crippen LogP contribution in [0.15, 0.2) is 12.1 Å². The maximum atomic E-state index is 12.5. The van der Waals surface area contributed by atoms with Crippen LogP contribution in [-0.4, -0.2) is 17.8 Å². The topological polar surface area (TPSA) is 60.2 Å². The Morgan fingerprint density at radius 1 is 1.15 bits per heavy atom. The Morgan fingerprint density at radius 2 is 1.80 bits per heavy atom. The predicted octanol–water partition coefficient (Wildman–Crippen LogP) is 3.11. The molecule has 0 fully saturated rings. The van der Waals surface area contributed by atoms with Crippen molar-refractivity contribution >= 4 is 5.82 Å². The zero-order valence-electron chi connectivity index (χ0n) is 9.98. The summed E-state index contributed by atoms with van der Waals surface area (Å²) in [4.78, 5) is 3.56. The van der Waals surface area contributed by atoms with Gasteiger partial charge in [0.15, 0.2) is 0 Å². The second kappa shape index (κ2) is 6.16. The van der Waals surface area contributed by atoms with Gasteiger partial charge in [-0.05, 0) is 12.5 Å². The number of alkyl halides is 6. The molecule has 0 spiro atoms. The highest BCUT2D eigenvalue weighted by atomic mass is 19.4. The molecule has 1 aromatic heterocycles. The van der Waals surface area contributed by atoms with E-state index >= 15 is 0 Å². The molecule has 0 saturated heterocycles. The van der Waals surface area contributed by atoms with Gasteiger partial charge in [-0.1, -0.05) is 0 Å². The zero-order chi connectivity index (χ0) is 15.4. The second-order valence-electron chi connectivity index (χ2n) is 3.79. The van der Waals surface area contributed by atoms with E-state index in [1.54, 1.807) is 0 Å². The normalized spacial score (nSPS) is 12.3. The molecule has 1 aromatic rings. The van der Waals surface area contributed by atoms with E-state index in [1.807, 2.05) is 5.43 Å². The van der Waals surface area contributed by atoms with E-state index in [9.17, 15) is 26.3 Å². The van der Waals surface area contributed by atoms with Gasteiger partial charge in [0.1, 0.15) is 5.82 Å². The summed E-state index contributed by atoms with van der Waals surface area (Å²) < 4.78 is 78.0. The number of anilines is 1. The fourth-order valence-corrected chi connectivity index (χ4v) is 1.27. The third-order valence-corrected chi connectivity index (χ3v) is 2.13. The number of hydrogen-bond acceptors (Lipinski definition) is 4. The van der Waals surface area contributed by atoms with E-state index in [4.69, 9.17) is 10.6 Å². The largest absolute Gasteiger partial charge is 0.478 e. The van der Waals surface area contributed by atoms with Crippen LogP contribution < -0.4 is 16.0 Å². The zero-order valence-corrected chi connectivity index (χ0v) is 9.98. The molecular weight excluding hydrogens is 292 g/mol. The summed E-state index contributed by atoms with van der Waals surface area (Å²) in [7, 11) is 0. The van der Waals surface area contributed by atoms with Gasteiger partial charge in [0.2, 0.25) is 5.88 Å². The molecule has 10 heteroatoms. The van der Waals surface area contributed by atoms with Gasteiger partial charge in [0.05, 0.1) is 12.2 Å². The van der Waals surface area contributed by atoms with E-state index in [0.29, 0.717) is 12.1 Å². The van der Waals surface area contributed by atoms with Crippen LogP contribution in [0.3, 0.4) is 0 Å². The maximum absolute atomic E-state index is 12.5. The number of halogens is 6. The minimum Gasteiger partial charge on any atom is -0.478 e. The SMILES string of the molecule is NNc1cc(C(F)(F)F)cc(OCCCC(F)(F)F)n1. The standard InChI is InChI=1S/C10H11F6N3O/c11-9(12,13)2-1-3-20-8-5-6(10(14,15)16)4-7(18-8)19-17/h4-5H,1-3,17H2,(H,18,19). The average molecular weight is 303 g/mol. The molecule has 0 aliphatic carbocycles. The fourth-order valence-electron chi connectivity index (χ4n) is 1.27. The number of ether oxygens (including phenoxy) is 1. The molecule has 0 amide bonds. The van der Waals surface area contributed by atoms with Gasteiger partial charge < -0.3 is 10.2 Å². The number of hydrazine groups is 1. The van der Waals surface area contributed by atoms with Gasteiger partial charge in [0.25, 0.3) is 0 Å². The number of nitrogens with one attached hydrogen (secondary N) is 1. The number of nitrogen functional groups attached to an aromatic ring is 1. The lowest BCUT2D eigenvalue weighted by molar-refractivity contribution is -0.137. The second-order valence-corrected chi connectivity index (χ2v) is 3.79. The van der Waals surface area contributed by atoms with Crippen LogP contribution in [0, 0.1) is 0 Å². The smallest absolute Gasteiger partial charge is 0.416 e. The van der Waals surface area contributed by atoms with Crippen molar-refractivity contribution in [2.24, 2.45) is 5.84 Å². The molecule has 4 nitrogen and oxygen atoms in total. The van der Waals surface area contributed by atoms with Crippen molar-refractivity contribution < 1.29 is 31.1 Å². The Hall–Kier alpha value is -1.71. The molecule has 20 heavy (non-hydrogen) atoms. The number of nitrogens with zero attached hydrogens (tertiary/aromatic N) is 1. The molecule has 0 aromatic carbocycles. The molecule has 0 atom stereocenters. The van der Waals surface area contributed by atoms with Gasteiger partial charge in [0, 0.05) is 12.5 Å². The minimum absolute atomic E-state index is 0.300. The lowest BCUT2D eigenvalue weighted by Crippen LogP contribution is -2.14. The van der Waals surface area contributed by atoms with Crippen molar-refractivity contribution in [2.45, 2.75) is 25.2 Å². The van der Waals surface area contributed by atoms with Crippen LogP contribution >= 0.6 is 0 Å². The molecule has 0 saturated carbocycles. The van der Waals surface area contributed by atoms with Gasteiger partial charge in [-0.2, -0.15) is 31.3 Å². The van der Waals surface area contributed by atoms with Crippen LogP contribution in [-0.2, 0) is 6.18 Å². The highest BCUT2D eigenvalue weighted by Gasteiger charge is 2.32. The lowest BCUT2D eigenvalue weighted by Gasteiger charge is -2.12. The monoisotopic (exact) mass is 303 g/mol. The Labute approximate surface area is 109 Å². The Balaban J connectivity index is 2.70. The summed E-state index contributed by atoms with van der Waals surface area (Å²) in [5, 5.41) is 0. The Bertz CT molecular complexity index is 446. The van der Waals surface area contributed by atoms with E-state index in [0.717, 1.165) is 0 Å². The highest BCUT2D eigenvalue weighted by molar-refractivity contribution is 5.41. The van der Waals surface area contributed by atoms with Gasteiger partial charge in [-0.3, -0.25) is 0 Å². The van der Waals surface area contributed by atoms with E-state index in [2.05, 4.69) is 4.98 Å². The molecule has 3 N–H and O–H groups in total. The quantitative estimate of drug-likeness (QED) is 0.380. The van der Waals surface area contributed by atoms with E-state index in [1.165, 1.54) is 0 Å². The molecule has 1 heterocycles. The first-order chi connectivity index (χ1) is 9.12. The first-order valence-corrected chi connectivity index (χ1v) is 5.37. The van der Waals surface area contributed by atoms with Crippen molar-refractivity contribution in [3.63, 3.8) is 0 Å². The number of nitrogens with two attached hydrogens (primary N) is 1. The van der Waals surface area contributed by atoms with Crippen molar-refractivity contribution in [1.29, 1.82) is 0 Å². The van der Waals surface area contributed by atoms with Crippen molar-refractivity contribution in [1.82, 2.24) is 4.98 Å². The van der Waals surface area contributed by atoms with Crippen LogP contribution in [0.2, 0.25) is 0 Å². The minimum atomic E-state index is -4.64. The Morgan fingerprint density at radius 3 is 2.30 bits per heavy atom. The van der Waals surface area contributed by atoms with Crippen LogP contribution in [0.5, 0.6) is 5.88 Å². The van der Waals surface area contributed by atoms with E-state index in [-0.39, 0.29) is 12.2 Å². The van der Waals surface area contributed by atoms with Crippen LogP contribution in [0.4, 0.5) is 32.2 Å². The van der Waals surface area contributed by atoms with Crippen LogP contribution in [0.25, 0.3) is 0 Å². The lowest BCUT2D eigenvalue weighted by atomic mass is 10.2. The molecule has 0 radical (unpaired) electrons. The third-order valence-electron chi connectivity index (χ3n) is 2.13. The molecule has 0 aliphatic heterocycles.